The van der Waals surface area contributed by atoms with Gasteiger partial charge in [0.15, 0.2) is 0 Å². The van der Waals surface area contributed by atoms with Crippen LogP contribution in [0.2, 0.25) is 0 Å². The van der Waals surface area contributed by atoms with Crippen molar-refractivity contribution in [3.63, 3.8) is 0 Å². The Hall–Kier alpha value is -1.46. The van der Waals surface area contributed by atoms with Crippen molar-refractivity contribution < 1.29 is 9.13 Å². The standard InChI is InChI=1S/C15H19FN2OS/c1-11(2)17-9-12-8-13(16)10-18-15(12)19-6-5-14-4-3-7-20-14/h3-4,7-8,10-11,17H,5-6,9H2,1-2H3. The van der Waals surface area contributed by atoms with E-state index in [-0.39, 0.29) is 5.82 Å². The lowest BCUT2D eigenvalue weighted by Crippen LogP contribution is -2.22. The number of rotatable bonds is 7. The van der Waals surface area contributed by atoms with E-state index < -0.39 is 0 Å². The fraction of sp³-hybridized carbons (Fsp3) is 0.400. The third-order valence-corrected chi connectivity index (χ3v) is 3.70. The molecule has 1 N–H and O–H groups in total. The van der Waals surface area contributed by atoms with Crippen molar-refractivity contribution in [2.45, 2.75) is 32.9 Å². The van der Waals surface area contributed by atoms with Crippen LogP contribution in [0.25, 0.3) is 0 Å². The topological polar surface area (TPSA) is 34.2 Å². The summed E-state index contributed by atoms with van der Waals surface area (Å²) in [7, 11) is 0. The maximum Gasteiger partial charge on any atom is 0.218 e. The van der Waals surface area contributed by atoms with Gasteiger partial charge in [-0.25, -0.2) is 9.37 Å². The zero-order chi connectivity index (χ0) is 14.4. The Kier molecular flexibility index (Phi) is 5.49. The largest absolute Gasteiger partial charge is 0.477 e. The second-order valence-electron chi connectivity index (χ2n) is 4.83. The predicted octanol–water partition coefficient (Wildman–Crippen LogP) is 3.40. The highest BCUT2D eigenvalue weighted by Gasteiger charge is 2.08. The first-order valence-corrected chi connectivity index (χ1v) is 7.56. The van der Waals surface area contributed by atoms with E-state index in [1.165, 1.54) is 17.1 Å². The molecule has 0 aliphatic heterocycles. The van der Waals surface area contributed by atoms with Crippen LogP contribution in [0, 0.1) is 5.82 Å². The second kappa shape index (κ2) is 7.36. The Morgan fingerprint density at radius 3 is 3.00 bits per heavy atom. The van der Waals surface area contributed by atoms with Crippen LogP contribution in [0.15, 0.2) is 29.8 Å². The molecule has 108 valence electrons. The van der Waals surface area contributed by atoms with E-state index in [1.807, 2.05) is 25.3 Å². The minimum atomic E-state index is -0.337. The van der Waals surface area contributed by atoms with Crippen LogP contribution in [-0.4, -0.2) is 17.6 Å². The Morgan fingerprint density at radius 1 is 1.45 bits per heavy atom. The number of nitrogens with one attached hydrogen (secondary N) is 1. The molecule has 0 unspecified atom stereocenters. The maximum atomic E-state index is 13.3. The van der Waals surface area contributed by atoms with Crippen LogP contribution in [0.3, 0.4) is 0 Å². The van der Waals surface area contributed by atoms with Gasteiger partial charge < -0.3 is 10.1 Å². The van der Waals surface area contributed by atoms with E-state index >= 15 is 0 Å². The van der Waals surface area contributed by atoms with Crippen molar-refractivity contribution in [2.75, 3.05) is 6.61 Å². The Balaban J connectivity index is 1.95. The fourth-order valence-electron chi connectivity index (χ4n) is 1.74. The summed E-state index contributed by atoms with van der Waals surface area (Å²) in [5.74, 6) is 0.173. The molecule has 0 fully saturated rings. The molecule has 2 rings (SSSR count). The smallest absolute Gasteiger partial charge is 0.218 e. The Bertz CT molecular complexity index is 529. The summed E-state index contributed by atoms with van der Waals surface area (Å²) >= 11 is 1.71. The summed E-state index contributed by atoms with van der Waals surface area (Å²) in [6, 6.07) is 5.90. The van der Waals surface area contributed by atoms with Gasteiger partial charge in [-0.3, -0.25) is 0 Å². The number of ether oxygens (including phenoxy) is 1. The quantitative estimate of drug-likeness (QED) is 0.850. The SMILES string of the molecule is CC(C)NCc1cc(F)cnc1OCCc1cccs1. The van der Waals surface area contributed by atoms with Crippen LogP contribution in [0.5, 0.6) is 5.88 Å². The van der Waals surface area contributed by atoms with Gasteiger partial charge in [0.05, 0.1) is 12.8 Å². The molecule has 2 aromatic rings. The molecule has 0 radical (unpaired) electrons. The lowest BCUT2D eigenvalue weighted by Gasteiger charge is -2.12. The van der Waals surface area contributed by atoms with Crippen molar-refractivity contribution in [3.8, 4) is 5.88 Å². The van der Waals surface area contributed by atoms with Crippen LogP contribution in [0.4, 0.5) is 4.39 Å². The molecule has 0 atom stereocenters. The molecule has 2 aromatic heterocycles. The number of thiophene rings is 1. The summed E-state index contributed by atoms with van der Waals surface area (Å²) in [6.45, 7) is 5.19. The van der Waals surface area contributed by atoms with E-state index in [1.54, 1.807) is 11.3 Å². The van der Waals surface area contributed by atoms with E-state index in [2.05, 4.69) is 16.4 Å². The van der Waals surface area contributed by atoms with Crippen molar-refractivity contribution in [1.29, 1.82) is 0 Å². The number of aromatic nitrogens is 1. The van der Waals surface area contributed by atoms with Crippen LogP contribution in [-0.2, 0) is 13.0 Å². The molecular formula is C15H19FN2OS. The van der Waals surface area contributed by atoms with Gasteiger partial charge in [-0.2, -0.15) is 0 Å². The van der Waals surface area contributed by atoms with Gasteiger partial charge in [-0.1, -0.05) is 19.9 Å². The molecule has 0 aromatic carbocycles. The highest BCUT2D eigenvalue weighted by atomic mass is 32.1. The van der Waals surface area contributed by atoms with Gasteiger partial charge in [-0.05, 0) is 17.5 Å². The average molecular weight is 294 g/mol. The molecule has 20 heavy (non-hydrogen) atoms. The lowest BCUT2D eigenvalue weighted by atomic mass is 10.2. The molecule has 2 heterocycles. The molecule has 0 amide bonds. The van der Waals surface area contributed by atoms with Gasteiger partial charge in [-0.15, -0.1) is 11.3 Å². The monoisotopic (exact) mass is 294 g/mol. The second-order valence-corrected chi connectivity index (χ2v) is 5.86. The maximum absolute atomic E-state index is 13.3. The Labute approximate surface area is 122 Å². The molecule has 0 aliphatic rings. The fourth-order valence-corrected chi connectivity index (χ4v) is 2.43. The van der Waals surface area contributed by atoms with Crippen molar-refractivity contribution in [3.05, 3.63) is 46.0 Å². The summed E-state index contributed by atoms with van der Waals surface area (Å²) in [6.07, 6.45) is 2.03. The first-order chi connectivity index (χ1) is 9.65. The third-order valence-electron chi connectivity index (χ3n) is 2.76. The molecular weight excluding hydrogens is 275 g/mol. The van der Waals surface area contributed by atoms with E-state index in [0.717, 1.165) is 12.0 Å². The van der Waals surface area contributed by atoms with Crippen LogP contribution < -0.4 is 10.1 Å². The molecule has 3 nitrogen and oxygen atoms in total. The van der Waals surface area contributed by atoms with Crippen molar-refractivity contribution >= 4 is 11.3 Å². The van der Waals surface area contributed by atoms with E-state index in [4.69, 9.17) is 4.74 Å². The number of halogens is 1. The minimum absolute atomic E-state index is 0.331. The summed E-state index contributed by atoms with van der Waals surface area (Å²) in [5.41, 5.74) is 0.755. The van der Waals surface area contributed by atoms with Gasteiger partial charge in [0.2, 0.25) is 5.88 Å². The highest BCUT2D eigenvalue weighted by Crippen LogP contribution is 2.17. The van der Waals surface area contributed by atoms with Gasteiger partial charge in [0.1, 0.15) is 5.82 Å². The van der Waals surface area contributed by atoms with E-state index in [9.17, 15) is 4.39 Å². The zero-order valence-electron chi connectivity index (χ0n) is 11.7. The normalized spacial score (nSPS) is 11.0. The van der Waals surface area contributed by atoms with E-state index in [0.29, 0.717) is 25.1 Å². The first-order valence-electron chi connectivity index (χ1n) is 6.68. The Morgan fingerprint density at radius 2 is 2.30 bits per heavy atom. The summed E-state index contributed by atoms with van der Waals surface area (Å²) < 4.78 is 19.0. The molecule has 0 saturated heterocycles. The molecule has 0 aliphatic carbocycles. The molecule has 5 heteroatoms. The van der Waals surface area contributed by atoms with Gasteiger partial charge in [0.25, 0.3) is 0 Å². The third kappa shape index (κ3) is 4.58. The number of nitrogens with zero attached hydrogens (tertiary/aromatic N) is 1. The predicted molar refractivity (Wildman–Crippen MR) is 79.7 cm³/mol. The molecule has 0 spiro atoms. The van der Waals surface area contributed by atoms with Crippen LogP contribution >= 0.6 is 11.3 Å². The van der Waals surface area contributed by atoms with Gasteiger partial charge in [0, 0.05) is 29.4 Å². The number of hydrogen-bond acceptors (Lipinski definition) is 4. The molecule has 0 saturated carbocycles. The minimum Gasteiger partial charge on any atom is -0.477 e. The first kappa shape index (κ1) is 14.9. The lowest BCUT2D eigenvalue weighted by molar-refractivity contribution is 0.304. The highest BCUT2D eigenvalue weighted by molar-refractivity contribution is 7.09. The van der Waals surface area contributed by atoms with Crippen LogP contribution in [0.1, 0.15) is 24.3 Å². The van der Waals surface area contributed by atoms with Crippen molar-refractivity contribution in [1.82, 2.24) is 10.3 Å². The number of hydrogen-bond donors (Lipinski definition) is 1. The summed E-state index contributed by atoms with van der Waals surface area (Å²) in [4.78, 5) is 5.31. The van der Waals surface area contributed by atoms with Gasteiger partial charge >= 0.3 is 0 Å². The molecule has 0 bridgehead atoms. The van der Waals surface area contributed by atoms with Crippen molar-refractivity contribution in [2.24, 2.45) is 0 Å². The number of pyridine rings is 1. The zero-order valence-corrected chi connectivity index (χ0v) is 12.5. The average Bonchev–Trinajstić information content (AvgIpc) is 2.91. The summed E-state index contributed by atoms with van der Waals surface area (Å²) in [5, 5.41) is 5.29.